The number of allylic oxidation sites excluding steroid dienone is 1. The highest BCUT2D eigenvalue weighted by Crippen LogP contribution is 2.39. The zero-order chi connectivity index (χ0) is 29.4. The second-order valence-corrected chi connectivity index (χ2v) is 10.9. The minimum atomic E-state index is -0.133. The summed E-state index contributed by atoms with van der Waals surface area (Å²) in [6.45, 7) is 5.78. The first kappa shape index (κ1) is 30.1. The number of aliphatic hydroxyl groups is 1. The fourth-order valence-electron chi connectivity index (χ4n) is 4.32. The topological polar surface area (TPSA) is 104 Å². The van der Waals surface area contributed by atoms with E-state index in [4.69, 9.17) is 22.7 Å². The molecule has 8 nitrogen and oxygen atoms in total. The summed E-state index contributed by atoms with van der Waals surface area (Å²) >= 11 is 6.04. The van der Waals surface area contributed by atoms with Crippen LogP contribution in [0.2, 0.25) is 0 Å². The van der Waals surface area contributed by atoms with Crippen LogP contribution in [-0.4, -0.2) is 47.8 Å². The number of carbonyl (C=O) groups is 1. The number of benzene rings is 3. The Morgan fingerprint density at radius 1 is 1.15 bits per heavy atom. The van der Waals surface area contributed by atoms with Crippen LogP contribution in [0.4, 0.5) is 22.7 Å². The lowest BCUT2D eigenvalue weighted by Gasteiger charge is -2.23. The molecule has 10 heteroatoms. The summed E-state index contributed by atoms with van der Waals surface area (Å²) < 4.78 is 0. The third-order valence-electron chi connectivity index (χ3n) is 6.59. The minimum absolute atomic E-state index is 0.132. The van der Waals surface area contributed by atoms with Gasteiger partial charge in [-0.1, -0.05) is 30.3 Å². The molecule has 212 valence electrons. The second-order valence-electron chi connectivity index (χ2n) is 9.43. The molecule has 1 fully saturated rings. The zero-order valence-corrected chi connectivity index (χ0v) is 25.1. The van der Waals surface area contributed by atoms with Crippen LogP contribution in [-0.2, 0) is 11.3 Å². The Balaban J connectivity index is 1.72. The normalized spacial score (nSPS) is 15.2. The molecule has 1 amide bonds. The van der Waals surface area contributed by atoms with Gasteiger partial charge in [-0.25, -0.2) is 4.99 Å². The summed E-state index contributed by atoms with van der Waals surface area (Å²) in [5.41, 5.74) is 5.43. The Hall–Kier alpha value is -3.91. The van der Waals surface area contributed by atoms with Crippen molar-refractivity contribution >= 4 is 58.2 Å². The van der Waals surface area contributed by atoms with Crippen molar-refractivity contribution < 1.29 is 9.90 Å². The number of hydrogen-bond donors (Lipinski definition) is 4. The van der Waals surface area contributed by atoms with Crippen molar-refractivity contribution in [2.45, 2.75) is 31.7 Å². The van der Waals surface area contributed by atoms with Gasteiger partial charge < -0.3 is 20.6 Å². The summed E-state index contributed by atoms with van der Waals surface area (Å²) in [4.78, 5) is 23.8. The lowest BCUT2D eigenvalue weighted by Crippen LogP contribution is -2.29. The van der Waals surface area contributed by atoms with Crippen molar-refractivity contribution in [3.05, 3.63) is 88.5 Å². The highest BCUT2D eigenvalue weighted by atomic mass is 32.2. The van der Waals surface area contributed by atoms with Gasteiger partial charge in [-0.3, -0.25) is 9.69 Å². The van der Waals surface area contributed by atoms with Crippen LogP contribution in [0.3, 0.4) is 0 Å². The number of anilines is 3. The van der Waals surface area contributed by atoms with E-state index in [-0.39, 0.29) is 12.5 Å². The largest absolute Gasteiger partial charge is 0.396 e. The lowest BCUT2D eigenvalue weighted by molar-refractivity contribution is -0.122. The summed E-state index contributed by atoms with van der Waals surface area (Å²) in [6, 6.07) is 23.2. The van der Waals surface area contributed by atoms with E-state index in [0.717, 1.165) is 33.2 Å². The Kier molecular flexibility index (Phi) is 10.4. The molecule has 0 bridgehead atoms. The van der Waals surface area contributed by atoms with E-state index in [9.17, 15) is 10.1 Å². The van der Waals surface area contributed by atoms with Gasteiger partial charge in [-0.05, 0) is 74.0 Å². The van der Waals surface area contributed by atoms with Gasteiger partial charge in [0.05, 0.1) is 40.1 Å². The average molecular weight is 587 g/mol. The molecule has 3 N–H and O–H groups in total. The summed E-state index contributed by atoms with van der Waals surface area (Å²) in [5.74, 6) is -0.133. The Morgan fingerprint density at radius 2 is 1.93 bits per heavy atom. The number of amidine groups is 1. The van der Waals surface area contributed by atoms with Gasteiger partial charge in [0.2, 0.25) is 0 Å². The van der Waals surface area contributed by atoms with Crippen LogP contribution in [0.5, 0.6) is 0 Å². The first-order valence-corrected chi connectivity index (χ1v) is 14.6. The lowest BCUT2D eigenvalue weighted by atomic mass is 10.2. The molecular formula is C31H34N6O2S2. The maximum atomic E-state index is 13.9. The van der Waals surface area contributed by atoms with Crippen LogP contribution in [0, 0.1) is 11.3 Å². The number of nitriles is 1. The second kappa shape index (κ2) is 14.1. The molecule has 1 aliphatic rings. The van der Waals surface area contributed by atoms with Gasteiger partial charge in [0.15, 0.2) is 5.17 Å². The van der Waals surface area contributed by atoms with E-state index in [1.54, 1.807) is 17.0 Å². The minimum Gasteiger partial charge on any atom is -0.396 e. The van der Waals surface area contributed by atoms with Crippen LogP contribution in [0.15, 0.2) is 87.2 Å². The Labute approximate surface area is 251 Å². The van der Waals surface area contributed by atoms with Gasteiger partial charge in [0.25, 0.3) is 5.91 Å². The monoisotopic (exact) mass is 586 g/mol. The number of thioether (sulfide) groups is 1. The maximum absolute atomic E-state index is 13.9. The molecule has 1 aliphatic heterocycles. The van der Waals surface area contributed by atoms with E-state index in [2.05, 4.69) is 16.7 Å². The molecule has 0 aliphatic carbocycles. The smallest absolute Gasteiger partial charge is 0.268 e. The van der Waals surface area contributed by atoms with E-state index < -0.39 is 0 Å². The molecule has 0 spiro atoms. The summed E-state index contributed by atoms with van der Waals surface area (Å²) in [5, 5.41) is 25.7. The van der Waals surface area contributed by atoms with Gasteiger partial charge in [0.1, 0.15) is 0 Å². The van der Waals surface area contributed by atoms with Crippen LogP contribution >= 0.6 is 24.4 Å². The molecule has 41 heavy (non-hydrogen) atoms. The average Bonchev–Trinajstić information content (AvgIpc) is 3.28. The van der Waals surface area contributed by atoms with Crippen molar-refractivity contribution in [2.75, 3.05) is 42.3 Å². The SMILES string of the molecule is CCNc1ccc(C#N)cc1N=C1S/C(=C(\C)N(C)c2ccc(NCCCO)cc2S)C(=O)N1Cc1ccccc1. The third-order valence-corrected chi connectivity index (χ3v) is 8.12. The molecule has 1 heterocycles. The van der Waals surface area contributed by atoms with E-state index >= 15 is 0 Å². The fourth-order valence-corrected chi connectivity index (χ4v) is 5.75. The first-order chi connectivity index (χ1) is 19.9. The van der Waals surface area contributed by atoms with Crippen molar-refractivity contribution in [3.63, 3.8) is 0 Å². The molecule has 0 unspecified atom stereocenters. The number of rotatable bonds is 11. The van der Waals surface area contributed by atoms with Crippen LogP contribution in [0.1, 0.15) is 31.4 Å². The Bertz CT molecular complexity index is 1500. The molecule has 0 aromatic heterocycles. The number of amides is 1. The molecule has 0 saturated carbocycles. The van der Waals surface area contributed by atoms with Crippen molar-refractivity contribution in [1.29, 1.82) is 5.26 Å². The van der Waals surface area contributed by atoms with Gasteiger partial charge >= 0.3 is 0 Å². The number of aliphatic imine (C=N–C) groups is 1. The van der Waals surface area contributed by atoms with Crippen molar-refractivity contribution in [1.82, 2.24) is 4.90 Å². The molecule has 3 aromatic rings. The number of nitrogens with zero attached hydrogens (tertiary/aromatic N) is 4. The van der Waals surface area contributed by atoms with E-state index in [1.807, 2.05) is 80.4 Å². The summed E-state index contributed by atoms with van der Waals surface area (Å²) in [6.07, 6.45) is 0.661. The number of thiol groups is 1. The van der Waals surface area contributed by atoms with E-state index in [0.29, 0.717) is 47.4 Å². The number of hydrogen-bond acceptors (Lipinski definition) is 9. The van der Waals surface area contributed by atoms with Crippen molar-refractivity contribution in [3.8, 4) is 6.07 Å². The van der Waals surface area contributed by atoms with E-state index in [1.165, 1.54) is 11.8 Å². The molecule has 0 atom stereocenters. The number of carbonyl (C=O) groups excluding carboxylic acids is 1. The first-order valence-electron chi connectivity index (χ1n) is 13.4. The third kappa shape index (κ3) is 7.24. The highest BCUT2D eigenvalue weighted by molar-refractivity contribution is 8.18. The highest BCUT2D eigenvalue weighted by Gasteiger charge is 2.36. The predicted molar refractivity (Wildman–Crippen MR) is 172 cm³/mol. The van der Waals surface area contributed by atoms with Crippen LogP contribution < -0.4 is 15.5 Å². The molecular weight excluding hydrogens is 553 g/mol. The van der Waals surface area contributed by atoms with Gasteiger partial charge in [0, 0.05) is 43.0 Å². The van der Waals surface area contributed by atoms with Gasteiger partial charge in [-0.15, -0.1) is 12.6 Å². The zero-order valence-electron chi connectivity index (χ0n) is 23.4. The predicted octanol–water partition coefficient (Wildman–Crippen LogP) is 6.20. The van der Waals surface area contributed by atoms with Crippen molar-refractivity contribution in [2.24, 2.45) is 4.99 Å². The summed E-state index contributed by atoms with van der Waals surface area (Å²) in [7, 11) is 1.92. The standard InChI is InChI=1S/C31H34N6O2S2/c1-4-33-25-13-11-23(19-32)17-26(25)35-31-37(20-22-9-6-5-7-10-22)30(39)29(41-31)21(2)36(3)27-14-12-24(18-28(27)40)34-15-8-16-38/h5-7,9-14,17-18,33-34,38,40H,4,8,15-16,20H2,1-3H3/b29-21+,35-31?. The molecule has 1 saturated heterocycles. The van der Waals surface area contributed by atoms with Crippen LogP contribution in [0.25, 0.3) is 0 Å². The molecule has 3 aromatic carbocycles. The van der Waals surface area contributed by atoms with Gasteiger partial charge in [-0.2, -0.15) is 5.26 Å². The fraction of sp³-hybridized carbons (Fsp3) is 0.258. The quantitative estimate of drug-likeness (QED) is 0.120. The Morgan fingerprint density at radius 3 is 2.61 bits per heavy atom. The maximum Gasteiger partial charge on any atom is 0.268 e. The number of nitrogens with one attached hydrogen (secondary N) is 2. The molecule has 0 radical (unpaired) electrons. The number of aliphatic hydroxyl groups excluding tert-OH is 1. The molecule has 4 rings (SSSR count).